The van der Waals surface area contributed by atoms with Gasteiger partial charge < -0.3 is 10.2 Å². The van der Waals surface area contributed by atoms with Gasteiger partial charge in [0.25, 0.3) is 0 Å². The molecule has 82 valence electrons. The molecule has 1 aliphatic heterocycles. The minimum atomic E-state index is 1.06. The van der Waals surface area contributed by atoms with Gasteiger partial charge in [0, 0.05) is 13.1 Å². The van der Waals surface area contributed by atoms with Gasteiger partial charge in [-0.1, -0.05) is 19.3 Å². The predicted octanol–water partition coefficient (Wildman–Crippen LogP) is 1.86. The van der Waals surface area contributed by atoms with Crippen molar-refractivity contribution in [3.8, 4) is 0 Å². The van der Waals surface area contributed by atoms with Crippen molar-refractivity contribution in [3.63, 3.8) is 0 Å². The average molecular weight is 196 g/mol. The summed E-state index contributed by atoms with van der Waals surface area (Å²) in [5.41, 5.74) is 0. The summed E-state index contributed by atoms with van der Waals surface area (Å²) in [4.78, 5) is 2.58. The molecule has 1 aliphatic carbocycles. The highest BCUT2D eigenvalue weighted by atomic mass is 15.1. The Hall–Kier alpha value is -0.0800. The van der Waals surface area contributed by atoms with E-state index in [1.54, 1.807) is 0 Å². The summed E-state index contributed by atoms with van der Waals surface area (Å²) in [6.07, 6.45) is 8.73. The van der Waals surface area contributed by atoms with Gasteiger partial charge in [-0.05, 0) is 44.8 Å². The molecule has 0 aromatic carbocycles. The Kier molecular flexibility index (Phi) is 4.26. The molecule has 2 nitrogen and oxygen atoms in total. The molecule has 1 saturated heterocycles. The summed E-state index contributed by atoms with van der Waals surface area (Å²) in [7, 11) is 0. The van der Waals surface area contributed by atoms with Crippen LogP contribution >= 0.6 is 0 Å². The molecule has 1 N–H and O–H groups in total. The van der Waals surface area contributed by atoms with E-state index in [4.69, 9.17) is 0 Å². The molecule has 0 spiro atoms. The van der Waals surface area contributed by atoms with Crippen LogP contribution in [0.2, 0.25) is 0 Å². The summed E-state index contributed by atoms with van der Waals surface area (Å²) in [6, 6.07) is 0. The third-order valence-corrected chi connectivity index (χ3v) is 3.76. The van der Waals surface area contributed by atoms with Crippen LogP contribution in [-0.2, 0) is 0 Å². The Morgan fingerprint density at radius 3 is 2.43 bits per heavy atom. The minimum absolute atomic E-state index is 1.06. The molecule has 1 heterocycles. The number of hydrogen-bond donors (Lipinski definition) is 1. The van der Waals surface area contributed by atoms with Crippen molar-refractivity contribution in [1.29, 1.82) is 0 Å². The molecule has 2 rings (SSSR count). The van der Waals surface area contributed by atoms with Gasteiger partial charge in [0.05, 0.1) is 0 Å². The molecular weight excluding hydrogens is 172 g/mol. The Balaban J connectivity index is 1.39. The van der Waals surface area contributed by atoms with E-state index in [9.17, 15) is 0 Å². The molecule has 0 aromatic heterocycles. The molecule has 0 amide bonds. The first-order valence-corrected chi connectivity index (χ1v) is 6.38. The van der Waals surface area contributed by atoms with E-state index in [1.807, 2.05) is 0 Å². The first kappa shape index (κ1) is 10.4. The van der Waals surface area contributed by atoms with Gasteiger partial charge in [0.15, 0.2) is 0 Å². The Labute approximate surface area is 88.1 Å². The second kappa shape index (κ2) is 5.72. The lowest BCUT2D eigenvalue weighted by Crippen LogP contribution is -2.31. The molecule has 2 fully saturated rings. The van der Waals surface area contributed by atoms with Gasteiger partial charge in [-0.2, -0.15) is 0 Å². The summed E-state index contributed by atoms with van der Waals surface area (Å²) in [6.45, 7) is 6.39. The smallest absolute Gasteiger partial charge is 0.0107 e. The normalized spacial score (nSPS) is 24.0. The van der Waals surface area contributed by atoms with Crippen molar-refractivity contribution in [3.05, 3.63) is 0 Å². The van der Waals surface area contributed by atoms with E-state index in [2.05, 4.69) is 10.2 Å². The fraction of sp³-hybridized carbons (Fsp3) is 1.00. The van der Waals surface area contributed by atoms with Crippen molar-refractivity contribution < 1.29 is 0 Å². The maximum absolute atomic E-state index is 3.57. The zero-order valence-corrected chi connectivity index (χ0v) is 9.30. The van der Waals surface area contributed by atoms with Gasteiger partial charge in [-0.25, -0.2) is 0 Å². The number of rotatable bonds is 6. The molecule has 0 unspecified atom stereocenters. The highest BCUT2D eigenvalue weighted by Gasteiger charge is 2.16. The van der Waals surface area contributed by atoms with Crippen molar-refractivity contribution in [2.75, 3.05) is 32.7 Å². The fourth-order valence-electron chi connectivity index (χ4n) is 2.46. The van der Waals surface area contributed by atoms with Gasteiger partial charge in [-0.3, -0.25) is 0 Å². The maximum Gasteiger partial charge on any atom is 0.0107 e. The topological polar surface area (TPSA) is 15.3 Å². The van der Waals surface area contributed by atoms with Crippen LogP contribution < -0.4 is 5.32 Å². The Morgan fingerprint density at radius 1 is 1.00 bits per heavy atom. The van der Waals surface area contributed by atoms with Crippen molar-refractivity contribution in [2.45, 2.75) is 38.5 Å². The monoisotopic (exact) mass is 196 g/mol. The standard InChI is InChI=1S/C12H24N2/c1-2-10-14(9-1)11-8-13-7-6-12-4-3-5-12/h12-13H,1-11H2. The van der Waals surface area contributed by atoms with Gasteiger partial charge >= 0.3 is 0 Å². The fourth-order valence-corrected chi connectivity index (χ4v) is 2.46. The largest absolute Gasteiger partial charge is 0.315 e. The molecule has 0 bridgehead atoms. The van der Waals surface area contributed by atoms with Gasteiger partial charge in [0.2, 0.25) is 0 Å². The molecule has 2 heteroatoms. The Morgan fingerprint density at radius 2 is 1.79 bits per heavy atom. The molecule has 1 saturated carbocycles. The quantitative estimate of drug-likeness (QED) is 0.652. The maximum atomic E-state index is 3.57. The highest BCUT2D eigenvalue weighted by Crippen LogP contribution is 2.28. The predicted molar refractivity (Wildman–Crippen MR) is 60.5 cm³/mol. The van der Waals surface area contributed by atoms with Crippen molar-refractivity contribution >= 4 is 0 Å². The van der Waals surface area contributed by atoms with Crippen LogP contribution in [0.4, 0.5) is 0 Å². The summed E-state index contributed by atoms with van der Waals surface area (Å²) in [5, 5.41) is 3.57. The van der Waals surface area contributed by atoms with Crippen molar-refractivity contribution in [2.24, 2.45) is 5.92 Å². The Bertz CT molecular complexity index is 148. The van der Waals surface area contributed by atoms with Gasteiger partial charge in [0.1, 0.15) is 0 Å². The number of likely N-dealkylation sites (tertiary alicyclic amines) is 1. The number of nitrogens with one attached hydrogen (secondary N) is 1. The van der Waals surface area contributed by atoms with Gasteiger partial charge in [-0.15, -0.1) is 0 Å². The first-order valence-electron chi connectivity index (χ1n) is 6.38. The lowest BCUT2D eigenvalue weighted by molar-refractivity contribution is 0.286. The third kappa shape index (κ3) is 3.25. The van der Waals surface area contributed by atoms with Crippen LogP contribution in [0.25, 0.3) is 0 Å². The van der Waals surface area contributed by atoms with E-state index < -0.39 is 0 Å². The second-order valence-corrected chi connectivity index (χ2v) is 4.88. The van der Waals surface area contributed by atoms with Crippen LogP contribution in [0.5, 0.6) is 0 Å². The lowest BCUT2D eigenvalue weighted by Gasteiger charge is -2.25. The highest BCUT2D eigenvalue weighted by molar-refractivity contribution is 4.71. The summed E-state index contributed by atoms with van der Waals surface area (Å²) < 4.78 is 0. The van der Waals surface area contributed by atoms with E-state index in [1.165, 1.54) is 71.2 Å². The summed E-state index contributed by atoms with van der Waals surface area (Å²) in [5.74, 6) is 1.06. The lowest BCUT2D eigenvalue weighted by atomic mass is 9.83. The molecule has 14 heavy (non-hydrogen) atoms. The SMILES string of the molecule is C1CC(CCNCCN2CCCC2)C1. The first-order chi connectivity index (χ1) is 6.95. The van der Waals surface area contributed by atoms with E-state index in [0.717, 1.165) is 5.92 Å². The average Bonchev–Trinajstić information content (AvgIpc) is 2.60. The zero-order chi connectivity index (χ0) is 9.64. The molecule has 0 aromatic rings. The molecule has 0 radical (unpaired) electrons. The molecule has 2 aliphatic rings. The van der Waals surface area contributed by atoms with Crippen LogP contribution in [0, 0.1) is 5.92 Å². The van der Waals surface area contributed by atoms with Crippen molar-refractivity contribution in [1.82, 2.24) is 10.2 Å². The molecular formula is C12H24N2. The van der Waals surface area contributed by atoms with Crippen LogP contribution in [0.1, 0.15) is 38.5 Å². The third-order valence-electron chi connectivity index (χ3n) is 3.76. The van der Waals surface area contributed by atoms with Crippen LogP contribution in [-0.4, -0.2) is 37.6 Å². The number of hydrogen-bond acceptors (Lipinski definition) is 2. The van der Waals surface area contributed by atoms with E-state index >= 15 is 0 Å². The van der Waals surface area contributed by atoms with Crippen LogP contribution in [0.15, 0.2) is 0 Å². The molecule has 0 atom stereocenters. The second-order valence-electron chi connectivity index (χ2n) is 4.88. The summed E-state index contributed by atoms with van der Waals surface area (Å²) >= 11 is 0. The minimum Gasteiger partial charge on any atom is -0.315 e. The van der Waals surface area contributed by atoms with E-state index in [-0.39, 0.29) is 0 Å². The van der Waals surface area contributed by atoms with Crippen LogP contribution in [0.3, 0.4) is 0 Å². The van der Waals surface area contributed by atoms with E-state index in [0.29, 0.717) is 0 Å². The number of nitrogens with zero attached hydrogens (tertiary/aromatic N) is 1. The zero-order valence-electron chi connectivity index (χ0n) is 9.30.